The second-order valence-electron chi connectivity index (χ2n) is 7.38. The van der Waals surface area contributed by atoms with E-state index in [4.69, 9.17) is 0 Å². The van der Waals surface area contributed by atoms with Gasteiger partial charge in [0.2, 0.25) is 0 Å². The molecule has 2 heteroatoms. The first-order valence-electron chi connectivity index (χ1n) is 8.12. The van der Waals surface area contributed by atoms with Crippen LogP contribution in [-0.2, 0) is 11.8 Å². The van der Waals surface area contributed by atoms with Crippen molar-refractivity contribution in [1.29, 1.82) is 0 Å². The van der Waals surface area contributed by atoms with E-state index < -0.39 is 5.60 Å². The molecular weight excluding hydrogens is 248 g/mol. The van der Waals surface area contributed by atoms with Gasteiger partial charge in [-0.3, -0.25) is 0 Å². The van der Waals surface area contributed by atoms with Crippen LogP contribution in [0.4, 0.5) is 0 Å². The highest BCUT2D eigenvalue weighted by molar-refractivity contribution is 5.47. The Morgan fingerprint density at radius 2 is 1.95 bits per heavy atom. The lowest BCUT2D eigenvalue weighted by Crippen LogP contribution is -2.65. The zero-order valence-corrected chi connectivity index (χ0v) is 12.2. The van der Waals surface area contributed by atoms with Gasteiger partial charge in [0.05, 0.1) is 5.60 Å². The summed E-state index contributed by atoms with van der Waals surface area (Å²) >= 11 is 0. The van der Waals surface area contributed by atoms with Gasteiger partial charge in [-0.1, -0.05) is 25.8 Å². The minimum absolute atomic E-state index is 0.0885. The molecule has 3 aliphatic carbocycles. The lowest BCUT2D eigenvalue weighted by atomic mass is 9.44. The number of rotatable bonds is 0. The third-order valence-electron chi connectivity index (χ3n) is 6.62. The van der Waals surface area contributed by atoms with Gasteiger partial charge in [-0.25, -0.2) is 0 Å². The Hall–Kier alpha value is -1.02. The Bertz CT molecular complexity index is 552. The standard InChI is InChI=1S/C18H24O2/c1-12-6-9-17-7-2-3-8-18(17,20)15(12)10-13-4-5-14(19)11-16(13)17/h4-5,11-12,15,19-20H,2-3,6-10H2,1H3/t12?,15-,17-,18+/m0/s1. The van der Waals surface area contributed by atoms with Gasteiger partial charge >= 0.3 is 0 Å². The van der Waals surface area contributed by atoms with Crippen molar-refractivity contribution in [1.82, 2.24) is 0 Å². The van der Waals surface area contributed by atoms with Crippen LogP contribution in [0.5, 0.6) is 5.75 Å². The molecule has 2 N–H and O–H groups in total. The van der Waals surface area contributed by atoms with Crippen LogP contribution in [0.15, 0.2) is 18.2 Å². The van der Waals surface area contributed by atoms with Gasteiger partial charge < -0.3 is 10.2 Å². The number of phenols is 1. The van der Waals surface area contributed by atoms with E-state index in [2.05, 4.69) is 13.0 Å². The van der Waals surface area contributed by atoms with Crippen LogP contribution in [0.3, 0.4) is 0 Å². The molecular formula is C18H24O2. The molecule has 2 saturated carbocycles. The van der Waals surface area contributed by atoms with E-state index in [9.17, 15) is 10.2 Å². The van der Waals surface area contributed by atoms with Gasteiger partial charge in [-0.15, -0.1) is 0 Å². The Morgan fingerprint density at radius 1 is 1.15 bits per heavy atom. The molecule has 4 atom stereocenters. The molecule has 1 unspecified atom stereocenters. The summed E-state index contributed by atoms with van der Waals surface area (Å²) < 4.78 is 0. The smallest absolute Gasteiger partial charge is 0.115 e. The summed E-state index contributed by atoms with van der Waals surface area (Å²) in [5.74, 6) is 1.35. The van der Waals surface area contributed by atoms with Crippen LogP contribution in [0.2, 0.25) is 0 Å². The maximum Gasteiger partial charge on any atom is 0.115 e. The second kappa shape index (κ2) is 4.00. The highest BCUT2D eigenvalue weighted by Gasteiger charge is 2.62. The van der Waals surface area contributed by atoms with Crippen LogP contribution >= 0.6 is 0 Å². The number of benzene rings is 1. The first kappa shape index (κ1) is 12.7. The van der Waals surface area contributed by atoms with Crippen molar-refractivity contribution in [2.45, 2.75) is 62.9 Å². The van der Waals surface area contributed by atoms with Crippen LogP contribution in [0, 0.1) is 11.8 Å². The third-order valence-corrected chi connectivity index (χ3v) is 6.62. The topological polar surface area (TPSA) is 40.5 Å². The maximum absolute atomic E-state index is 11.6. The zero-order chi connectivity index (χ0) is 14.0. The highest BCUT2D eigenvalue weighted by atomic mass is 16.3. The molecule has 108 valence electrons. The number of hydrogen-bond acceptors (Lipinski definition) is 2. The number of hydrogen-bond donors (Lipinski definition) is 2. The normalized spacial score (nSPS) is 42.7. The van der Waals surface area contributed by atoms with Crippen LogP contribution in [-0.4, -0.2) is 15.8 Å². The molecule has 2 nitrogen and oxygen atoms in total. The molecule has 0 amide bonds. The Balaban J connectivity index is 1.97. The minimum atomic E-state index is -0.538. The van der Waals surface area contributed by atoms with E-state index in [0.717, 1.165) is 32.1 Å². The van der Waals surface area contributed by atoms with Gasteiger partial charge in [0.15, 0.2) is 0 Å². The average molecular weight is 272 g/mol. The summed E-state index contributed by atoms with van der Waals surface area (Å²) in [6, 6.07) is 5.84. The van der Waals surface area contributed by atoms with Crippen LogP contribution < -0.4 is 0 Å². The molecule has 3 aliphatic rings. The SMILES string of the molecule is CC1CC[C@]23CCCC[C@@]2(O)[C@H]1Cc1ccc(O)cc13. The minimum Gasteiger partial charge on any atom is -0.508 e. The molecule has 0 aliphatic heterocycles. The van der Waals surface area contributed by atoms with Crippen molar-refractivity contribution in [3.05, 3.63) is 29.3 Å². The first-order valence-corrected chi connectivity index (χ1v) is 8.12. The largest absolute Gasteiger partial charge is 0.508 e. The van der Waals surface area contributed by atoms with Gasteiger partial charge in [0, 0.05) is 5.41 Å². The highest BCUT2D eigenvalue weighted by Crippen LogP contribution is 2.62. The van der Waals surface area contributed by atoms with Gasteiger partial charge in [-0.05, 0) is 67.2 Å². The van der Waals surface area contributed by atoms with Gasteiger partial charge in [0.25, 0.3) is 0 Å². The molecule has 0 saturated heterocycles. The molecule has 20 heavy (non-hydrogen) atoms. The summed E-state index contributed by atoms with van der Waals surface area (Å²) in [5, 5.41) is 21.5. The Morgan fingerprint density at radius 3 is 2.80 bits per heavy atom. The molecule has 0 radical (unpaired) electrons. The summed E-state index contributed by atoms with van der Waals surface area (Å²) in [6.07, 6.45) is 7.66. The van der Waals surface area contributed by atoms with Crippen molar-refractivity contribution in [3.8, 4) is 5.75 Å². The predicted octanol–water partition coefficient (Wildman–Crippen LogP) is 3.54. The number of aromatic hydroxyl groups is 1. The van der Waals surface area contributed by atoms with Crippen LogP contribution in [0.25, 0.3) is 0 Å². The second-order valence-corrected chi connectivity index (χ2v) is 7.38. The Kier molecular flexibility index (Phi) is 2.54. The lowest BCUT2D eigenvalue weighted by Gasteiger charge is -2.62. The zero-order valence-electron chi connectivity index (χ0n) is 12.2. The van der Waals surface area contributed by atoms with E-state index in [-0.39, 0.29) is 5.41 Å². The number of phenolic OH excluding ortho intramolecular Hbond substituents is 1. The fourth-order valence-electron chi connectivity index (χ4n) is 5.60. The molecule has 0 aromatic heterocycles. The van der Waals surface area contributed by atoms with Crippen molar-refractivity contribution >= 4 is 0 Å². The fraction of sp³-hybridized carbons (Fsp3) is 0.667. The van der Waals surface area contributed by atoms with E-state index in [1.54, 1.807) is 0 Å². The first-order chi connectivity index (χ1) is 9.57. The van der Waals surface area contributed by atoms with E-state index in [0.29, 0.717) is 17.6 Å². The van der Waals surface area contributed by atoms with Crippen molar-refractivity contribution in [3.63, 3.8) is 0 Å². The third kappa shape index (κ3) is 1.38. The monoisotopic (exact) mass is 272 g/mol. The van der Waals surface area contributed by atoms with Crippen LogP contribution in [0.1, 0.15) is 56.6 Å². The Labute approximate surface area is 120 Å². The molecule has 0 spiro atoms. The van der Waals surface area contributed by atoms with E-state index in [1.807, 2.05) is 12.1 Å². The quantitative estimate of drug-likeness (QED) is 0.758. The van der Waals surface area contributed by atoms with Crippen molar-refractivity contribution in [2.24, 2.45) is 11.8 Å². The van der Waals surface area contributed by atoms with E-state index >= 15 is 0 Å². The van der Waals surface area contributed by atoms with Gasteiger partial charge in [0.1, 0.15) is 5.75 Å². The molecule has 2 bridgehead atoms. The van der Waals surface area contributed by atoms with Crippen molar-refractivity contribution < 1.29 is 10.2 Å². The summed E-state index contributed by atoms with van der Waals surface area (Å²) in [6.45, 7) is 2.31. The summed E-state index contributed by atoms with van der Waals surface area (Å²) in [7, 11) is 0. The van der Waals surface area contributed by atoms with Gasteiger partial charge in [-0.2, -0.15) is 0 Å². The molecule has 0 heterocycles. The summed E-state index contributed by atoms with van der Waals surface area (Å²) in [4.78, 5) is 0. The molecule has 2 fully saturated rings. The summed E-state index contributed by atoms with van der Waals surface area (Å²) in [5.41, 5.74) is 1.99. The molecule has 1 aromatic carbocycles. The molecule has 4 rings (SSSR count). The van der Waals surface area contributed by atoms with Crippen molar-refractivity contribution in [2.75, 3.05) is 0 Å². The maximum atomic E-state index is 11.6. The molecule has 1 aromatic rings. The fourth-order valence-corrected chi connectivity index (χ4v) is 5.60. The number of fused-ring (bicyclic) bond motifs is 1. The average Bonchev–Trinajstić information content (AvgIpc) is 2.43. The predicted molar refractivity (Wildman–Crippen MR) is 78.8 cm³/mol. The van der Waals surface area contributed by atoms with E-state index in [1.165, 1.54) is 24.0 Å². The lowest BCUT2D eigenvalue weighted by molar-refractivity contribution is -0.162. The number of aliphatic hydroxyl groups is 1.